The van der Waals surface area contributed by atoms with Crippen molar-refractivity contribution in [2.24, 2.45) is 0 Å². The molecule has 5 nitrogen and oxygen atoms in total. The van der Waals surface area contributed by atoms with Crippen LogP contribution in [0.3, 0.4) is 0 Å². The van der Waals surface area contributed by atoms with Crippen molar-refractivity contribution in [3.05, 3.63) is 47.8 Å². The topological polar surface area (TPSA) is 68.0 Å². The van der Waals surface area contributed by atoms with Crippen LogP contribution in [0.2, 0.25) is 0 Å². The number of rotatable bonds is 5. The Morgan fingerprint density at radius 3 is 2.80 bits per heavy atom. The van der Waals surface area contributed by atoms with Crippen LogP contribution in [0.5, 0.6) is 11.5 Å². The molecule has 0 bridgehead atoms. The van der Waals surface area contributed by atoms with Gasteiger partial charge in [-0.15, -0.1) is 0 Å². The molecule has 2 heterocycles. The number of pyridine rings is 2. The first-order chi connectivity index (χ1) is 12.2. The van der Waals surface area contributed by atoms with E-state index >= 15 is 0 Å². The molecule has 1 fully saturated rings. The van der Waals surface area contributed by atoms with Crippen molar-refractivity contribution in [2.75, 3.05) is 7.11 Å². The lowest BCUT2D eigenvalue weighted by atomic mass is 10.1. The molecule has 2 aromatic heterocycles. The molecule has 2 aromatic rings. The Kier molecular flexibility index (Phi) is 5.24. The zero-order chi connectivity index (χ0) is 17.6. The van der Waals surface area contributed by atoms with E-state index in [-0.39, 0.29) is 17.2 Å². The Balaban J connectivity index is 1.95. The second kappa shape index (κ2) is 7.75. The maximum Gasteiger partial charge on any atom is 0.179 e. The monoisotopic (exact) mass is 339 g/mol. The number of hydrogen-bond donors (Lipinski definition) is 0. The SMILES string of the molecule is COc1cnc(/C(C#N)=C/c2ccncc2F)cc1OC1CCCC1. The molecule has 0 N–H and O–H groups in total. The number of methoxy groups -OCH3 is 1. The fourth-order valence-electron chi connectivity index (χ4n) is 2.82. The molecule has 0 aromatic carbocycles. The summed E-state index contributed by atoms with van der Waals surface area (Å²) in [6.45, 7) is 0. The first-order valence-corrected chi connectivity index (χ1v) is 8.13. The summed E-state index contributed by atoms with van der Waals surface area (Å²) in [4.78, 5) is 7.95. The predicted octanol–water partition coefficient (Wildman–Crippen LogP) is 4.01. The molecule has 0 amide bonds. The average Bonchev–Trinajstić information content (AvgIpc) is 3.14. The summed E-state index contributed by atoms with van der Waals surface area (Å²) >= 11 is 0. The fourth-order valence-corrected chi connectivity index (χ4v) is 2.82. The van der Waals surface area contributed by atoms with Gasteiger partial charge in [-0.05, 0) is 37.8 Å². The van der Waals surface area contributed by atoms with E-state index in [2.05, 4.69) is 16.0 Å². The van der Waals surface area contributed by atoms with Crippen LogP contribution in [-0.4, -0.2) is 23.2 Å². The van der Waals surface area contributed by atoms with Crippen LogP contribution in [0.25, 0.3) is 11.6 Å². The Morgan fingerprint density at radius 2 is 2.12 bits per heavy atom. The summed E-state index contributed by atoms with van der Waals surface area (Å²) < 4.78 is 25.1. The smallest absolute Gasteiger partial charge is 0.179 e. The molecular formula is C19H18FN3O2. The van der Waals surface area contributed by atoms with E-state index in [0.29, 0.717) is 17.2 Å². The van der Waals surface area contributed by atoms with Gasteiger partial charge < -0.3 is 9.47 Å². The standard InChI is InChI=1S/C19H18FN3O2/c1-24-19-12-23-17(9-18(19)25-15-4-2-3-5-15)14(10-21)8-13-6-7-22-11-16(13)20/h6-9,11-12,15H,2-5H2,1H3/b14-8+. The van der Waals surface area contributed by atoms with E-state index in [1.807, 2.05) is 0 Å². The van der Waals surface area contributed by atoms with Crippen molar-refractivity contribution >= 4 is 11.6 Å². The average molecular weight is 339 g/mol. The molecular weight excluding hydrogens is 321 g/mol. The Labute approximate surface area is 145 Å². The summed E-state index contributed by atoms with van der Waals surface area (Å²) in [6.07, 6.45) is 10.0. The molecule has 25 heavy (non-hydrogen) atoms. The van der Waals surface area contributed by atoms with Crippen molar-refractivity contribution in [2.45, 2.75) is 31.8 Å². The molecule has 0 atom stereocenters. The molecule has 0 radical (unpaired) electrons. The molecule has 0 saturated heterocycles. The van der Waals surface area contributed by atoms with Gasteiger partial charge in [0.2, 0.25) is 0 Å². The maximum absolute atomic E-state index is 13.8. The molecule has 0 unspecified atom stereocenters. The minimum Gasteiger partial charge on any atom is -0.491 e. The predicted molar refractivity (Wildman–Crippen MR) is 91.4 cm³/mol. The van der Waals surface area contributed by atoms with E-state index < -0.39 is 5.82 Å². The van der Waals surface area contributed by atoms with Crippen molar-refractivity contribution in [3.8, 4) is 17.6 Å². The van der Waals surface area contributed by atoms with Crippen LogP contribution in [0.15, 0.2) is 30.7 Å². The summed E-state index contributed by atoms with van der Waals surface area (Å²) in [5.41, 5.74) is 0.930. The molecule has 128 valence electrons. The Morgan fingerprint density at radius 1 is 1.32 bits per heavy atom. The van der Waals surface area contributed by atoms with Gasteiger partial charge in [0, 0.05) is 17.8 Å². The van der Waals surface area contributed by atoms with Gasteiger partial charge in [0.25, 0.3) is 0 Å². The number of allylic oxidation sites excluding steroid dienone is 1. The van der Waals surface area contributed by atoms with Gasteiger partial charge in [-0.1, -0.05) is 0 Å². The highest BCUT2D eigenvalue weighted by Gasteiger charge is 2.19. The number of nitriles is 1. The first kappa shape index (κ1) is 16.9. The number of nitrogens with zero attached hydrogens (tertiary/aromatic N) is 3. The van der Waals surface area contributed by atoms with Gasteiger partial charge in [-0.25, -0.2) is 4.39 Å². The zero-order valence-electron chi connectivity index (χ0n) is 13.9. The maximum atomic E-state index is 13.8. The summed E-state index contributed by atoms with van der Waals surface area (Å²) in [5.74, 6) is 0.574. The van der Waals surface area contributed by atoms with Gasteiger partial charge in [0.1, 0.15) is 11.9 Å². The van der Waals surface area contributed by atoms with E-state index in [1.54, 1.807) is 13.2 Å². The first-order valence-electron chi connectivity index (χ1n) is 8.13. The Bertz CT molecular complexity index is 824. The normalized spacial score (nSPS) is 15.0. The van der Waals surface area contributed by atoms with Crippen molar-refractivity contribution < 1.29 is 13.9 Å². The van der Waals surface area contributed by atoms with Gasteiger partial charge in [-0.3, -0.25) is 9.97 Å². The van der Waals surface area contributed by atoms with Gasteiger partial charge in [0.05, 0.1) is 36.9 Å². The van der Waals surface area contributed by atoms with Crippen LogP contribution in [0.1, 0.15) is 36.9 Å². The molecule has 1 aliphatic carbocycles. The summed E-state index contributed by atoms with van der Waals surface area (Å²) in [5, 5.41) is 9.46. The van der Waals surface area contributed by atoms with Crippen molar-refractivity contribution in [3.63, 3.8) is 0 Å². The molecule has 0 aliphatic heterocycles. The largest absolute Gasteiger partial charge is 0.491 e. The minimum absolute atomic E-state index is 0.149. The molecule has 1 saturated carbocycles. The highest BCUT2D eigenvalue weighted by molar-refractivity contribution is 5.88. The van der Waals surface area contributed by atoms with E-state index in [1.165, 1.54) is 24.5 Å². The van der Waals surface area contributed by atoms with Crippen molar-refractivity contribution in [1.29, 1.82) is 5.26 Å². The number of aromatic nitrogens is 2. The van der Waals surface area contributed by atoms with Crippen LogP contribution < -0.4 is 9.47 Å². The summed E-state index contributed by atoms with van der Waals surface area (Å²) in [6, 6.07) is 5.25. The number of hydrogen-bond acceptors (Lipinski definition) is 5. The van der Waals surface area contributed by atoms with E-state index in [0.717, 1.165) is 31.9 Å². The van der Waals surface area contributed by atoms with Gasteiger partial charge in [0.15, 0.2) is 11.5 Å². The second-order valence-electron chi connectivity index (χ2n) is 5.81. The third-order valence-corrected chi connectivity index (χ3v) is 4.15. The lowest BCUT2D eigenvalue weighted by molar-refractivity contribution is 0.200. The molecule has 0 spiro atoms. The third kappa shape index (κ3) is 3.94. The lowest BCUT2D eigenvalue weighted by Gasteiger charge is -2.16. The Hall–Kier alpha value is -2.94. The number of halogens is 1. The van der Waals surface area contributed by atoms with E-state index in [4.69, 9.17) is 9.47 Å². The van der Waals surface area contributed by atoms with Crippen LogP contribution in [-0.2, 0) is 0 Å². The van der Waals surface area contributed by atoms with Gasteiger partial charge >= 0.3 is 0 Å². The lowest BCUT2D eigenvalue weighted by Crippen LogP contribution is -2.12. The van der Waals surface area contributed by atoms with E-state index in [9.17, 15) is 9.65 Å². The highest BCUT2D eigenvalue weighted by atomic mass is 19.1. The summed E-state index contributed by atoms with van der Waals surface area (Å²) in [7, 11) is 1.55. The molecule has 3 rings (SSSR count). The highest BCUT2D eigenvalue weighted by Crippen LogP contribution is 2.33. The zero-order valence-corrected chi connectivity index (χ0v) is 13.9. The molecule has 1 aliphatic rings. The number of ether oxygens (including phenoxy) is 2. The molecule has 6 heteroatoms. The second-order valence-corrected chi connectivity index (χ2v) is 5.81. The van der Waals surface area contributed by atoms with Crippen LogP contribution in [0.4, 0.5) is 4.39 Å². The van der Waals surface area contributed by atoms with Crippen LogP contribution in [0, 0.1) is 17.1 Å². The third-order valence-electron chi connectivity index (χ3n) is 4.15. The van der Waals surface area contributed by atoms with Crippen LogP contribution >= 0.6 is 0 Å². The van der Waals surface area contributed by atoms with Crippen molar-refractivity contribution in [1.82, 2.24) is 9.97 Å². The van der Waals surface area contributed by atoms with Gasteiger partial charge in [-0.2, -0.15) is 5.26 Å². The fraction of sp³-hybridized carbons (Fsp3) is 0.316. The quantitative estimate of drug-likeness (QED) is 0.770. The minimum atomic E-state index is -0.494.